The van der Waals surface area contributed by atoms with E-state index in [9.17, 15) is 18.0 Å². The van der Waals surface area contributed by atoms with Crippen LogP contribution in [0.4, 0.5) is 5.69 Å². The van der Waals surface area contributed by atoms with Crippen molar-refractivity contribution >= 4 is 38.3 Å². The van der Waals surface area contributed by atoms with E-state index in [0.717, 1.165) is 12.0 Å². The number of hydrogen-bond acceptors (Lipinski definition) is 4. The maximum Gasteiger partial charge on any atom is 0.247 e. The summed E-state index contributed by atoms with van der Waals surface area (Å²) in [6.07, 6.45) is 1.61. The van der Waals surface area contributed by atoms with Crippen molar-refractivity contribution in [3.63, 3.8) is 0 Å². The average molecular weight is 452 g/mol. The molecule has 8 heteroatoms. The summed E-state index contributed by atoms with van der Waals surface area (Å²) in [5.41, 5.74) is 1.43. The number of amides is 2. The van der Waals surface area contributed by atoms with Crippen molar-refractivity contribution in [3.05, 3.63) is 72.3 Å². The Bertz CT molecular complexity index is 1260. The molecule has 3 aromatic carbocycles. The van der Waals surface area contributed by atoms with Crippen LogP contribution in [-0.2, 0) is 26.0 Å². The molecule has 4 rings (SSSR count). The second-order valence-electron chi connectivity index (χ2n) is 7.76. The van der Waals surface area contributed by atoms with E-state index in [1.54, 1.807) is 35.2 Å². The molecule has 0 saturated carbocycles. The number of anilines is 1. The van der Waals surface area contributed by atoms with Gasteiger partial charge < -0.3 is 10.2 Å². The molecule has 1 fully saturated rings. The van der Waals surface area contributed by atoms with Gasteiger partial charge in [0.1, 0.15) is 6.04 Å². The van der Waals surface area contributed by atoms with E-state index in [1.165, 1.54) is 13.1 Å². The summed E-state index contributed by atoms with van der Waals surface area (Å²) in [6.45, 7) is 0.545. The minimum Gasteiger partial charge on any atom is -0.330 e. The maximum atomic E-state index is 13.1. The highest BCUT2D eigenvalue weighted by molar-refractivity contribution is 7.89. The highest BCUT2D eigenvalue weighted by Crippen LogP contribution is 2.29. The lowest BCUT2D eigenvalue weighted by Crippen LogP contribution is -2.43. The van der Waals surface area contributed by atoms with Crippen molar-refractivity contribution in [1.82, 2.24) is 9.62 Å². The Labute approximate surface area is 187 Å². The molecule has 0 radical (unpaired) electrons. The molecule has 1 atom stereocenters. The molecule has 2 N–H and O–H groups in total. The highest BCUT2D eigenvalue weighted by atomic mass is 32.2. The fourth-order valence-electron chi connectivity index (χ4n) is 4.16. The average Bonchev–Trinajstić information content (AvgIpc) is 3.30. The summed E-state index contributed by atoms with van der Waals surface area (Å²) in [5.74, 6) is -0.340. The molecular weight excluding hydrogens is 426 g/mol. The Hall–Kier alpha value is -3.23. The molecule has 1 aliphatic rings. The van der Waals surface area contributed by atoms with Gasteiger partial charge in [0, 0.05) is 23.0 Å². The number of sulfonamides is 1. The fraction of sp³-hybridized carbons (Fsp3) is 0.250. The van der Waals surface area contributed by atoms with Gasteiger partial charge in [-0.2, -0.15) is 0 Å². The number of rotatable bonds is 6. The molecule has 3 aromatic rings. The third-order valence-electron chi connectivity index (χ3n) is 5.77. The van der Waals surface area contributed by atoms with Gasteiger partial charge in [-0.15, -0.1) is 0 Å². The highest BCUT2D eigenvalue weighted by Gasteiger charge is 2.34. The maximum absolute atomic E-state index is 13.1. The standard InChI is InChI=1S/C24H25N3O4S/c1-25-32(30,31)22-14-6-10-18-19(22)11-5-12-20(18)26-24(29)21-13-7-15-27(21)23(28)16-17-8-3-2-4-9-17/h2-6,8-12,14,21,25H,7,13,15-16H2,1H3,(H,26,29). The second kappa shape index (κ2) is 9.10. The zero-order valence-corrected chi connectivity index (χ0v) is 18.6. The Morgan fingerprint density at radius 2 is 1.69 bits per heavy atom. The number of hydrogen-bond donors (Lipinski definition) is 2. The molecule has 32 heavy (non-hydrogen) atoms. The predicted molar refractivity (Wildman–Crippen MR) is 124 cm³/mol. The van der Waals surface area contributed by atoms with Crippen LogP contribution in [0, 0.1) is 0 Å². The van der Waals surface area contributed by atoms with Gasteiger partial charge in [0.2, 0.25) is 21.8 Å². The number of nitrogens with one attached hydrogen (secondary N) is 2. The Morgan fingerprint density at radius 1 is 0.969 bits per heavy atom. The minimum atomic E-state index is -3.65. The molecular formula is C24H25N3O4S. The lowest BCUT2D eigenvalue weighted by molar-refractivity contribution is -0.136. The molecule has 0 spiro atoms. The van der Waals surface area contributed by atoms with Crippen LogP contribution in [0.5, 0.6) is 0 Å². The van der Waals surface area contributed by atoms with E-state index in [2.05, 4.69) is 10.0 Å². The van der Waals surface area contributed by atoms with Crippen LogP contribution in [0.1, 0.15) is 18.4 Å². The first-order valence-electron chi connectivity index (χ1n) is 10.5. The van der Waals surface area contributed by atoms with Crippen molar-refractivity contribution in [1.29, 1.82) is 0 Å². The number of likely N-dealkylation sites (tertiary alicyclic amines) is 1. The van der Waals surface area contributed by atoms with Gasteiger partial charge in [-0.05, 0) is 37.6 Å². The van der Waals surface area contributed by atoms with Crippen LogP contribution in [0.15, 0.2) is 71.6 Å². The van der Waals surface area contributed by atoms with Crippen molar-refractivity contribution in [2.45, 2.75) is 30.2 Å². The number of fused-ring (bicyclic) bond motifs is 1. The van der Waals surface area contributed by atoms with Gasteiger partial charge >= 0.3 is 0 Å². The Balaban J connectivity index is 1.57. The quantitative estimate of drug-likeness (QED) is 0.602. The molecule has 166 valence electrons. The number of benzene rings is 3. The van der Waals surface area contributed by atoms with Crippen LogP contribution in [0.2, 0.25) is 0 Å². The lowest BCUT2D eigenvalue weighted by Gasteiger charge is -2.24. The molecule has 0 aliphatic carbocycles. The van der Waals surface area contributed by atoms with E-state index in [1.807, 2.05) is 30.3 Å². The zero-order chi connectivity index (χ0) is 22.7. The lowest BCUT2D eigenvalue weighted by atomic mass is 10.1. The van der Waals surface area contributed by atoms with E-state index >= 15 is 0 Å². The molecule has 1 saturated heterocycles. The molecule has 0 bridgehead atoms. The third kappa shape index (κ3) is 4.37. The summed E-state index contributed by atoms with van der Waals surface area (Å²) >= 11 is 0. The van der Waals surface area contributed by atoms with Crippen LogP contribution in [0.3, 0.4) is 0 Å². The van der Waals surface area contributed by atoms with Gasteiger partial charge in [-0.3, -0.25) is 9.59 Å². The normalized spacial score (nSPS) is 16.3. The van der Waals surface area contributed by atoms with E-state index in [-0.39, 0.29) is 23.1 Å². The molecule has 7 nitrogen and oxygen atoms in total. The van der Waals surface area contributed by atoms with Crippen molar-refractivity contribution in [3.8, 4) is 0 Å². The van der Waals surface area contributed by atoms with Gasteiger partial charge in [0.25, 0.3) is 0 Å². The van der Waals surface area contributed by atoms with Gasteiger partial charge in [0.15, 0.2) is 0 Å². The van der Waals surface area contributed by atoms with Crippen molar-refractivity contribution < 1.29 is 18.0 Å². The summed E-state index contributed by atoms with van der Waals surface area (Å²) in [6, 6.07) is 19.0. The Kier molecular flexibility index (Phi) is 6.25. The minimum absolute atomic E-state index is 0.0748. The van der Waals surface area contributed by atoms with Crippen LogP contribution in [-0.4, -0.2) is 44.8 Å². The SMILES string of the molecule is CNS(=O)(=O)c1cccc2c(NC(=O)C3CCCN3C(=O)Cc3ccccc3)cccc12. The summed E-state index contributed by atoms with van der Waals surface area (Å²) in [4.78, 5) is 27.8. The van der Waals surface area contributed by atoms with Crippen molar-refractivity contribution in [2.75, 3.05) is 18.9 Å². The summed E-state index contributed by atoms with van der Waals surface area (Å²) in [5, 5.41) is 4.06. The summed E-state index contributed by atoms with van der Waals surface area (Å²) in [7, 11) is -2.29. The first-order chi connectivity index (χ1) is 15.4. The molecule has 1 aliphatic heterocycles. The first-order valence-corrected chi connectivity index (χ1v) is 12.0. The molecule has 1 heterocycles. The van der Waals surface area contributed by atoms with E-state index in [0.29, 0.717) is 29.4 Å². The first kappa shape index (κ1) is 22.0. The molecule has 2 amide bonds. The largest absolute Gasteiger partial charge is 0.330 e. The van der Waals surface area contributed by atoms with Crippen LogP contribution < -0.4 is 10.0 Å². The second-order valence-corrected chi connectivity index (χ2v) is 9.62. The van der Waals surface area contributed by atoms with Gasteiger partial charge in [0.05, 0.1) is 11.3 Å². The number of carbonyl (C=O) groups is 2. The Morgan fingerprint density at radius 3 is 2.44 bits per heavy atom. The smallest absolute Gasteiger partial charge is 0.247 e. The fourth-order valence-corrected chi connectivity index (χ4v) is 5.11. The van der Waals surface area contributed by atoms with Crippen molar-refractivity contribution in [2.24, 2.45) is 0 Å². The topological polar surface area (TPSA) is 95.6 Å². The van der Waals surface area contributed by atoms with Gasteiger partial charge in [-0.25, -0.2) is 13.1 Å². The zero-order valence-electron chi connectivity index (χ0n) is 17.7. The molecule has 0 aromatic heterocycles. The van der Waals surface area contributed by atoms with Crippen LogP contribution >= 0.6 is 0 Å². The monoisotopic (exact) mass is 451 g/mol. The van der Waals surface area contributed by atoms with Crippen LogP contribution in [0.25, 0.3) is 10.8 Å². The number of carbonyl (C=O) groups excluding carboxylic acids is 2. The molecule has 1 unspecified atom stereocenters. The van der Waals surface area contributed by atoms with E-state index < -0.39 is 16.1 Å². The predicted octanol–water partition coefficient (Wildman–Crippen LogP) is 2.92. The third-order valence-corrected chi connectivity index (χ3v) is 7.24. The van der Waals surface area contributed by atoms with Gasteiger partial charge in [-0.1, -0.05) is 54.6 Å². The summed E-state index contributed by atoms with van der Waals surface area (Å²) < 4.78 is 27.1. The number of nitrogens with zero attached hydrogens (tertiary/aromatic N) is 1. The van der Waals surface area contributed by atoms with E-state index in [4.69, 9.17) is 0 Å².